The third-order valence-corrected chi connectivity index (χ3v) is 3.66. The fraction of sp³-hybridized carbons (Fsp3) is 0.333. The molecule has 1 aromatic heterocycles. The molecule has 0 unspecified atom stereocenters. The number of carbonyl (C=O) groups is 1. The molecule has 3 rings (SSSR count). The minimum atomic E-state index is -0.406. The Balaban J connectivity index is 2.06. The highest BCUT2D eigenvalue weighted by molar-refractivity contribution is 6.29. The van der Waals surface area contributed by atoms with Crippen LogP contribution in [0.25, 0.3) is 0 Å². The molecule has 0 aliphatic carbocycles. The number of allylic oxidation sites excluding steroid dienone is 1. The summed E-state index contributed by atoms with van der Waals surface area (Å²) < 4.78 is 0. The van der Waals surface area contributed by atoms with Gasteiger partial charge in [-0.25, -0.2) is 4.98 Å². The Morgan fingerprint density at radius 3 is 2.65 bits per heavy atom. The standard InChI is InChI=1S/C12H11ClN4O3/c13-10-3-1-8(7-14-10)15-5-6-16-11(18)4-2-9(12(15)16)17(19)20/h1,3,7H,2,4-6H2. The lowest BCUT2D eigenvalue weighted by Gasteiger charge is -2.26. The summed E-state index contributed by atoms with van der Waals surface area (Å²) in [5.41, 5.74) is 0.776. The summed E-state index contributed by atoms with van der Waals surface area (Å²) in [5.74, 6) is 0.297. The average molecular weight is 295 g/mol. The first kappa shape index (κ1) is 12.9. The Kier molecular flexibility index (Phi) is 3.06. The van der Waals surface area contributed by atoms with Gasteiger partial charge in [-0.15, -0.1) is 0 Å². The topological polar surface area (TPSA) is 79.6 Å². The number of carbonyl (C=O) groups excluding carboxylic acids is 1. The van der Waals surface area contributed by atoms with Gasteiger partial charge in [0, 0.05) is 19.5 Å². The largest absolute Gasteiger partial charge is 0.319 e. The molecular formula is C12H11ClN4O3. The molecule has 0 spiro atoms. The van der Waals surface area contributed by atoms with Gasteiger partial charge in [-0.2, -0.15) is 0 Å². The first-order valence-electron chi connectivity index (χ1n) is 6.15. The Morgan fingerprint density at radius 2 is 2.00 bits per heavy atom. The van der Waals surface area contributed by atoms with Crippen molar-refractivity contribution >= 4 is 23.2 Å². The normalized spacial score (nSPS) is 18.6. The van der Waals surface area contributed by atoms with E-state index in [9.17, 15) is 14.9 Å². The van der Waals surface area contributed by atoms with E-state index in [2.05, 4.69) is 4.98 Å². The number of hydrogen-bond donors (Lipinski definition) is 0. The molecule has 0 bridgehead atoms. The van der Waals surface area contributed by atoms with Crippen LogP contribution in [0.5, 0.6) is 0 Å². The Labute approximate surface area is 119 Å². The van der Waals surface area contributed by atoms with E-state index in [4.69, 9.17) is 11.6 Å². The molecule has 0 N–H and O–H groups in total. The number of anilines is 1. The van der Waals surface area contributed by atoms with Gasteiger partial charge in [0.2, 0.25) is 5.91 Å². The van der Waals surface area contributed by atoms with E-state index in [-0.39, 0.29) is 24.4 Å². The maximum atomic E-state index is 11.9. The van der Waals surface area contributed by atoms with Gasteiger partial charge in [-0.3, -0.25) is 19.8 Å². The van der Waals surface area contributed by atoms with Crippen LogP contribution in [0.3, 0.4) is 0 Å². The minimum absolute atomic E-state index is 0.0741. The van der Waals surface area contributed by atoms with Gasteiger partial charge in [0.25, 0.3) is 5.70 Å². The molecule has 3 heterocycles. The highest BCUT2D eigenvalue weighted by atomic mass is 35.5. The average Bonchev–Trinajstić information content (AvgIpc) is 2.85. The van der Waals surface area contributed by atoms with Crippen LogP contribution in [0, 0.1) is 10.1 Å². The number of nitro groups is 1. The molecule has 0 aromatic carbocycles. The second-order valence-electron chi connectivity index (χ2n) is 4.56. The quantitative estimate of drug-likeness (QED) is 0.470. The first-order valence-corrected chi connectivity index (χ1v) is 6.52. The number of fused-ring (bicyclic) bond motifs is 1. The van der Waals surface area contributed by atoms with Gasteiger partial charge in [0.1, 0.15) is 5.15 Å². The van der Waals surface area contributed by atoms with E-state index in [1.165, 1.54) is 4.90 Å². The predicted molar refractivity (Wildman–Crippen MR) is 71.6 cm³/mol. The molecule has 20 heavy (non-hydrogen) atoms. The van der Waals surface area contributed by atoms with Gasteiger partial charge in [0.05, 0.1) is 23.2 Å². The van der Waals surface area contributed by atoms with E-state index >= 15 is 0 Å². The zero-order chi connectivity index (χ0) is 14.3. The Bertz CT molecular complexity index is 614. The van der Waals surface area contributed by atoms with Crippen LogP contribution in [-0.4, -0.2) is 33.8 Å². The first-order chi connectivity index (χ1) is 9.58. The zero-order valence-corrected chi connectivity index (χ0v) is 11.2. The fourth-order valence-corrected chi connectivity index (χ4v) is 2.65. The summed E-state index contributed by atoms with van der Waals surface area (Å²) in [6.45, 7) is 0.968. The van der Waals surface area contributed by atoms with Crippen molar-refractivity contribution in [3.8, 4) is 0 Å². The third-order valence-electron chi connectivity index (χ3n) is 3.44. The molecule has 8 heteroatoms. The number of rotatable bonds is 2. The van der Waals surface area contributed by atoms with Gasteiger partial charge < -0.3 is 4.90 Å². The van der Waals surface area contributed by atoms with E-state index in [1.807, 2.05) is 0 Å². The van der Waals surface area contributed by atoms with Crippen molar-refractivity contribution in [2.45, 2.75) is 12.8 Å². The summed E-state index contributed by atoms with van der Waals surface area (Å²) in [7, 11) is 0. The van der Waals surface area contributed by atoms with Crippen LogP contribution in [0.4, 0.5) is 5.69 Å². The summed E-state index contributed by atoms with van der Waals surface area (Å²) in [4.78, 5) is 29.9. The lowest BCUT2D eigenvalue weighted by atomic mass is 10.1. The number of pyridine rings is 1. The lowest BCUT2D eigenvalue weighted by molar-refractivity contribution is -0.430. The molecule has 1 amide bonds. The highest BCUT2D eigenvalue weighted by Crippen LogP contribution is 2.34. The summed E-state index contributed by atoms with van der Waals surface area (Å²) in [6, 6.07) is 3.36. The molecule has 2 aliphatic rings. The Morgan fingerprint density at radius 1 is 1.25 bits per heavy atom. The molecular weight excluding hydrogens is 284 g/mol. The van der Waals surface area contributed by atoms with E-state index < -0.39 is 4.92 Å². The van der Waals surface area contributed by atoms with E-state index in [0.717, 1.165) is 0 Å². The summed E-state index contributed by atoms with van der Waals surface area (Å²) >= 11 is 5.74. The number of hydrogen-bond acceptors (Lipinski definition) is 5. The molecule has 2 aliphatic heterocycles. The van der Waals surface area contributed by atoms with Crippen molar-refractivity contribution in [1.29, 1.82) is 0 Å². The van der Waals surface area contributed by atoms with Gasteiger partial charge >= 0.3 is 0 Å². The van der Waals surface area contributed by atoms with Crippen LogP contribution < -0.4 is 4.90 Å². The molecule has 104 valence electrons. The molecule has 1 fully saturated rings. The summed E-state index contributed by atoms with van der Waals surface area (Å²) in [5, 5.41) is 11.5. The lowest BCUT2D eigenvalue weighted by Crippen LogP contribution is -2.35. The van der Waals surface area contributed by atoms with Crippen molar-refractivity contribution in [1.82, 2.24) is 9.88 Å². The van der Waals surface area contributed by atoms with E-state index in [1.54, 1.807) is 23.2 Å². The van der Waals surface area contributed by atoms with Crippen molar-refractivity contribution < 1.29 is 9.72 Å². The molecule has 0 atom stereocenters. The fourth-order valence-electron chi connectivity index (χ4n) is 2.54. The predicted octanol–water partition coefficient (Wildman–Crippen LogP) is 1.62. The third kappa shape index (κ3) is 2.00. The molecule has 1 aromatic rings. The van der Waals surface area contributed by atoms with E-state index in [0.29, 0.717) is 29.8 Å². The smallest absolute Gasteiger partial charge is 0.287 e. The maximum absolute atomic E-state index is 11.9. The van der Waals surface area contributed by atoms with Gasteiger partial charge in [-0.05, 0) is 12.1 Å². The second-order valence-corrected chi connectivity index (χ2v) is 4.95. The van der Waals surface area contributed by atoms with Crippen LogP contribution >= 0.6 is 11.6 Å². The van der Waals surface area contributed by atoms with Crippen molar-refractivity contribution in [3.63, 3.8) is 0 Å². The number of amides is 1. The maximum Gasteiger partial charge on any atom is 0.287 e. The number of nitrogens with zero attached hydrogens (tertiary/aromatic N) is 4. The second kappa shape index (κ2) is 4.75. The molecule has 0 saturated carbocycles. The Hall–Kier alpha value is -2.15. The zero-order valence-electron chi connectivity index (χ0n) is 10.5. The van der Waals surface area contributed by atoms with Crippen molar-refractivity contribution in [2.24, 2.45) is 0 Å². The van der Waals surface area contributed by atoms with Gasteiger partial charge in [0.15, 0.2) is 5.82 Å². The minimum Gasteiger partial charge on any atom is -0.319 e. The molecule has 1 saturated heterocycles. The van der Waals surface area contributed by atoms with Crippen LogP contribution in [-0.2, 0) is 4.79 Å². The molecule has 0 radical (unpaired) electrons. The monoisotopic (exact) mass is 294 g/mol. The van der Waals surface area contributed by atoms with Crippen LogP contribution in [0.15, 0.2) is 29.8 Å². The summed E-state index contributed by atoms with van der Waals surface area (Å²) in [6.07, 6.45) is 1.90. The number of halogens is 1. The van der Waals surface area contributed by atoms with Crippen LogP contribution in [0.2, 0.25) is 5.15 Å². The van der Waals surface area contributed by atoms with Crippen molar-refractivity contribution in [3.05, 3.63) is 45.1 Å². The van der Waals surface area contributed by atoms with Gasteiger partial charge in [-0.1, -0.05) is 11.6 Å². The molecule has 7 nitrogen and oxygen atoms in total. The van der Waals surface area contributed by atoms with Crippen molar-refractivity contribution in [2.75, 3.05) is 18.0 Å². The highest BCUT2D eigenvalue weighted by Gasteiger charge is 2.41. The SMILES string of the molecule is O=C1CCC([N+](=O)[O-])=C2N1CCN2c1ccc(Cl)nc1. The number of aromatic nitrogens is 1. The van der Waals surface area contributed by atoms with Crippen LogP contribution in [0.1, 0.15) is 12.8 Å².